The monoisotopic (exact) mass is 481 g/mol. The summed E-state index contributed by atoms with van der Waals surface area (Å²) in [6.07, 6.45) is 2.67. The Morgan fingerprint density at radius 3 is 2.72 bits per heavy atom. The first-order valence-corrected chi connectivity index (χ1v) is 12.9. The summed E-state index contributed by atoms with van der Waals surface area (Å²) in [6, 6.07) is 4.90. The molecule has 174 valence electrons. The van der Waals surface area contributed by atoms with E-state index in [0.717, 1.165) is 0 Å². The van der Waals surface area contributed by atoms with Gasteiger partial charge in [-0.3, -0.25) is 0 Å². The van der Waals surface area contributed by atoms with Crippen molar-refractivity contribution in [1.29, 1.82) is 0 Å². The smallest absolute Gasteiger partial charge is 0.407 e. The summed E-state index contributed by atoms with van der Waals surface area (Å²) in [5.41, 5.74) is 0. The Morgan fingerprint density at radius 1 is 1.28 bits per heavy atom. The van der Waals surface area contributed by atoms with Crippen LogP contribution in [0.4, 0.5) is 10.7 Å². The van der Waals surface area contributed by atoms with Crippen molar-refractivity contribution in [3.05, 3.63) is 29.8 Å². The summed E-state index contributed by atoms with van der Waals surface area (Å²) in [7, 11) is -1.94. The van der Waals surface area contributed by atoms with Crippen molar-refractivity contribution in [1.82, 2.24) is 19.2 Å². The highest BCUT2D eigenvalue weighted by Crippen LogP contribution is 2.29. The maximum absolute atomic E-state index is 12.8. The highest BCUT2D eigenvalue weighted by molar-refractivity contribution is 7.91. The van der Waals surface area contributed by atoms with E-state index >= 15 is 0 Å². The molecule has 0 unspecified atom stereocenters. The van der Waals surface area contributed by atoms with Crippen LogP contribution in [0.5, 0.6) is 5.88 Å². The van der Waals surface area contributed by atoms with Crippen LogP contribution in [-0.2, 0) is 10.0 Å². The molecule has 2 aromatic rings. The average molecular weight is 482 g/mol. The van der Waals surface area contributed by atoms with E-state index in [0.29, 0.717) is 68.0 Å². The standard InChI is InChI=1S/C20H27N5O5S2/c1-30-17-4-8-21-19(22-17)23-9-6-16(7-10-23)25(20(26)27)14-15-5-11-24(13-15)32(28,29)18-3-2-12-31-18/h2-4,8,12,15-16H,5-7,9-11,13-14H2,1H3,(H,26,27)/t15-/m1/s1. The van der Waals surface area contributed by atoms with Crippen LogP contribution in [0, 0.1) is 5.92 Å². The second-order valence-corrected chi connectivity index (χ2v) is 11.1. The van der Waals surface area contributed by atoms with Crippen molar-refractivity contribution in [2.75, 3.05) is 44.7 Å². The Labute approximate surface area is 191 Å². The number of ether oxygens (including phenoxy) is 1. The molecular formula is C20H27N5O5S2. The number of carbonyl (C=O) groups is 1. The summed E-state index contributed by atoms with van der Waals surface area (Å²) in [6.45, 7) is 2.40. The van der Waals surface area contributed by atoms with Gasteiger partial charge < -0.3 is 19.6 Å². The number of carboxylic acid groups (broad SMARTS) is 1. The summed E-state index contributed by atoms with van der Waals surface area (Å²) >= 11 is 1.20. The SMILES string of the molecule is COc1ccnc(N2CCC(N(C[C@@H]3CCN(S(=O)(=O)c4cccs4)C3)C(=O)O)CC2)n1. The third-order valence-corrected chi connectivity index (χ3v) is 9.29. The van der Waals surface area contributed by atoms with E-state index in [1.54, 1.807) is 36.9 Å². The van der Waals surface area contributed by atoms with Crippen LogP contribution >= 0.6 is 11.3 Å². The lowest BCUT2D eigenvalue weighted by molar-refractivity contribution is 0.106. The highest BCUT2D eigenvalue weighted by Gasteiger charge is 2.36. The fraction of sp³-hybridized carbons (Fsp3) is 0.550. The number of hydrogen-bond acceptors (Lipinski definition) is 8. The van der Waals surface area contributed by atoms with E-state index in [9.17, 15) is 18.3 Å². The maximum Gasteiger partial charge on any atom is 0.407 e. The molecule has 4 rings (SSSR count). The summed E-state index contributed by atoms with van der Waals surface area (Å²) in [5, 5.41) is 11.6. The fourth-order valence-corrected chi connectivity index (χ4v) is 7.01. The van der Waals surface area contributed by atoms with Crippen LogP contribution in [0.15, 0.2) is 34.0 Å². The van der Waals surface area contributed by atoms with Gasteiger partial charge in [-0.2, -0.15) is 9.29 Å². The summed E-state index contributed by atoms with van der Waals surface area (Å²) in [5.74, 6) is 1.06. The van der Waals surface area contributed by atoms with Crippen LogP contribution in [0.2, 0.25) is 0 Å². The number of rotatable bonds is 7. The van der Waals surface area contributed by atoms with E-state index < -0.39 is 16.1 Å². The van der Waals surface area contributed by atoms with Crippen molar-refractivity contribution in [3.63, 3.8) is 0 Å². The number of methoxy groups -OCH3 is 1. The zero-order valence-corrected chi connectivity index (χ0v) is 19.5. The molecule has 0 spiro atoms. The lowest BCUT2D eigenvalue weighted by atomic mass is 10.0. The lowest BCUT2D eigenvalue weighted by Crippen LogP contribution is -2.49. The van der Waals surface area contributed by atoms with Crippen LogP contribution in [0.3, 0.4) is 0 Å². The van der Waals surface area contributed by atoms with E-state index in [2.05, 4.69) is 9.97 Å². The van der Waals surface area contributed by atoms with Crippen molar-refractivity contribution >= 4 is 33.4 Å². The molecule has 12 heteroatoms. The molecule has 2 saturated heterocycles. The number of anilines is 1. The van der Waals surface area contributed by atoms with E-state index in [1.807, 2.05) is 4.90 Å². The zero-order valence-electron chi connectivity index (χ0n) is 17.8. The molecule has 1 N–H and O–H groups in total. The van der Waals surface area contributed by atoms with Gasteiger partial charge in [-0.15, -0.1) is 11.3 Å². The number of nitrogens with zero attached hydrogens (tertiary/aromatic N) is 5. The van der Waals surface area contributed by atoms with Crippen molar-refractivity contribution in [2.24, 2.45) is 5.92 Å². The normalized spacial score (nSPS) is 20.4. The largest absolute Gasteiger partial charge is 0.481 e. The third kappa shape index (κ3) is 4.81. The Bertz CT molecular complexity index is 1020. The van der Waals surface area contributed by atoms with Crippen molar-refractivity contribution in [3.8, 4) is 5.88 Å². The molecule has 0 bridgehead atoms. The molecule has 0 radical (unpaired) electrons. The maximum atomic E-state index is 12.8. The molecule has 4 heterocycles. The molecule has 2 fully saturated rings. The number of amides is 1. The first-order chi connectivity index (χ1) is 15.4. The Balaban J connectivity index is 1.35. The number of piperidine rings is 1. The molecule has 10 nitrogen and oxygen atoms in total. The number of hydrogen-bond donors (Lipinski definition) is 1. The molecular weight excluding hydrogens is 454 g/mol. The van der Waals surface area contributed by atoms with Gasteiger partial charge in [0.15, 0.2) is 0 Å². The van der Waals surface area contributed by atoms with Gasteiger partial charge in [0, 0.05) is 51.0 Å². The quantitative estimate of drug-likeness (QED) is 0.640. The van der Waals surface area contributed by atoms with Gasteiger partial charge in [0.2, 0.25) is 11.8 Å². The molecule has 32 heavy (non-hydrogen) atoms. The number of thiophene rings is 1. The fourth-order valence-electron chi connectivity index (χ4n) is 4.34. The molecule has 0 aliphatic carbocycles. The predicted octanol–water partition coefficient (Wildman–Crippen LogP) is 2.21. The van der Waals surface area contributed by atoms with E-state index in [-0.39, 0.29) is 12.0 Å². The zero-order chi connectivity index (χ0) is 22.7. The van der Waals surface area contributed by atoms with Gasteiger partial charge in [-0.25, -0.2) is 18.2 Å². The minimum atomic E-state index is -3.50. The van der Waals surface area contributed by atoms with Gasteiger partial charge in [0.05, 0.1) is 7.11 Å². The van der Waals surface area contributed by atoms with Gasteiger partial charge in [-0.1, -0.05) is 6.07 Å². The van der Waals surface area contributed by atoms with Gasteiger partial charge in [0.1, 0.15) is 4.21 Å². The van der Waals surface area contributed by atoms with Crippen molar-refractivity contribution < 1.29 is 23.1 Å². The van der Waals surface area contributed by atoms with Gasteiger partial charge >= 0.3 is 6.09 Å². The molecule has 2 aliphatic heterocycles. The van der Waals surface area contributed by atoms with E-state index in [4.69, 9.17) is 4.74 Å². The Kier molecular flexibility index (Phi) is 6.82. The second-order valence-electron chi connectivity index (χ2n) is 8.00. The van der Waals surface area contributed by atoms with Gasteiger partial charge in [-0.05, 0) is 36.6 Å². The molecule has 0 aromatic carbocycles. The molecule has 2 aromatic heterocycles. The molecule has 1 atom stereocenters. The Morgan fingerprint density at radius 2 is 2.06 bits per heavy atom. The highest BCUT2D eigenvalue weighted by atomic mass is 32.2. The minimum Gasteiger partial charge on any atom is -0.481 e. The lowest BCUT2D eigenvalue weighted by Gasteiger charge is -2.38. The third-order valence-electron chi connectivity index (χ3n) is 6.05. The first-order valence-electron chi connectivity index (χ1n) is 10.5. The average Bonchev–Trinajstić information content (AvgIpc) is 3.50. The minimum absolute atomic E-state index is 0.0133. The van der Waals surface area contributed by atoms with Crippen LogP contribution in [-0.4, -0.2) is 84.7 Å². The first kappa shape index (κ1) is 22.7. The molecule has 0 saturated carbocycles. The summed E-state index contributed by atoms with van der Waals surface area (Å²) < 4.78 is 32.5. The number of sulfonamides is 1. The molecule has 2 aliphatic rings. The second kappa shape index (κ2) is 9.59. The Hall–Kier alpha value is -2.44. The topological polar surface area (TPSA) is 116 Å². The van der Waals surface area contributed by atoms with Crippen LogP contribution in [0.25, 0.3) is 0 Å². The van der Waals surface area contributed by atoms with Crippen LogP contribution < -0.4 is 9.64 Å². The van der Waals surface area contributed by atoms with E-state index in [1.165, 1.54) is 20.5 Å². The van der Waals surface area contributed by atoms with Crippen molar-refractivity contribution in [2.45, 2.75) is 29.5 Å². The molecule has 1 amide bonds. The summed E-state index contributed by atoms with van der Waals surface area (Å²) in [4.78, 5) is 24.2. The predicted molar refractivity (Wildman–Crippen MR) is 120 cm³/mol. The number of aromatic nitrogens is 2. The van der Waals surface area contributed by atoms with Gasteiger partial charge in [0.25, 0.3) is 10.0 Å². The van der Waals surface area contributed by atoms with Crippen LogP contribution in [0.1, 0.15) is 19.3 Å².